The van der Waals surface area contributed by atoms with Crippen LogP contribution >= 0.6 is 0 Å². The summed E-state index contributed by atoms with van der Waals surface area (Å²) < 4.78 is 5.90. The number of hydrogen-bond acceptors (Lipinski definition) is 9. The summed E-state index contributed by atoms with van der Waals surface area (Å²) in [5.74, 6) is -0.106. The zero-order chi connectivity index (χ0) is 37.6. The lowest BCUT2D eigenvalue weighted by molar-refractivity contribution is -0.125. The summed E-state index contributed by atoms with van der Waals surface area (Å²) in [6.45, 7) is 8.86. The van der Waals surface area contributed by atoms with Gasteiger partial charge in [-0.25, -0.2) is 9.97 Å². The Morgan fingerprint density at radius 2 is 1.49 bits per heavy atom. The normalized spacial score (nSPS) is 11.8. The van der Waals surface area contributed by atoms with Crippen molar-refractivity contribution in [2.45, 2.75) is 77.7 Å². The average Bonchev–Trinajstić information content (AvgIpc) is 3.68. The number of aromatic nitrogens is 6. The van der Waals surface area contributed by atoms with Crippen LogP contribution in [0.4, 0.5) is 5.95 Å². The maximum absolute atomic E-state index is 13.4. The smallest absolute Gasteiger partial charge is 0.269 e. The molecule has 0 saturated heterocycles. The Bertz CT molecular complexity index is 1910. The van der Waals surface area contributed by atoms with E-state index in [1.54, 1.807) is 24.5 Å². The highest BCUT2D eigenvalue weighted by molar-refractivity contribution is 5.99. The van der Waals surface area contributed by atoms with Crippen molar-refractivity contribution in [2.24, 2.45) is 0 Å². The van der Waals surface area contributed by atoms with E-state index in [-0.39, 0.29) is 24.3 Å². The number of aromatic amines is 1. The molecular formula is C40H47N9O4. The lowest BCUT2D eigenvalue weighted by Gasteiger charge is -2.20. The molecule has 4 N–H and O–H groups in total. The standard InChI is InChI=1S/C40H47N9O4/c1-5-6-7-8-9-22-53-33-20-16-28(17-21-33)31-24-41-36(42-25-31)29-12-10-27(11-13-29)23-34(38(52)43-26-35(50)45-39-46-48-49-47-39)44-37(51)30-14-18-32(19-15-30)40(2,3)4/h10-21,24-25,34H,5-9,22-23,26H2,1-4H3,(H,43,52)(H,44,51)(H2,45,46,47,48,49,50). The molecule has 2 aromatic heterocycles. The van der Waals surface area contributed by atoms with Gasteiger partial charge in [-0.2, -0.15) is 5.21 Å². The van der Waals surface area contributed by atoms with Crippen molar-refractivity contribution in [2.75, 3.05) is 18.5 Å². The Labute approximate surface area is 309 Å². The van der Waals surface area contributed by atoms with Gasteiger partial charge in [-0.3, -0.25) is 19.7 Å². The van der Waals surface area contributed by atoms with Crippen molar-refractivity contribution < 1.29 is 19.1 Å². The summed E-state index contributed by atoms with van der Waals surface area (Å²) in [4.78, 5) is 48.2. The van der Waals surface area contributed by atoms with Crippen molar-refractivity contribution in [3.8, 4) is 28.3 Å². The number of ether oxygens (including phenoxy) is 1. The van der Waals surface area contributed by atoms with Gasteiger partial charge >= 0.3 is 0 Å². The predicted molar refractivity (Wildman–Crippen MR) is 203 cm³/mol. The van der Waals surface area contributed by atoms with Crippen LogP contribution in [-0.2, 0) is 21.4 Å². The quantitative estimate of drug-likeness (QED) is 0.0832. The number of hydrogen-bond donors (Lipinski definition) is 4. The van der Waals surface area contributed by atoms with Crippen LogP contribution in [0.25, 0.3) is 22.5 Å². The highest BCUT2D eigenvalue weighted by atomic mass is 16.5. The Morgan fingerprint density at radius 3 is 2.13 bits per heavy atom. The van der Waals surface area contributed by atoms with Gasteiger partial charge in [0.25, 0.3) is 11.9 Å². The number of anilines is 1. The van der Waals surface area contributed by atoms with E-state index in [0.29, 0.717) is 11.4 Å². The topological polar surface area (TPSA) is 177 Å². The molecule has 1 atom stereocenters. The van der Waals surface area contributed by atoms with Gasteiger partial charge in [0.15, 0.2) is 5.82 Å². The number of rotatable bonds is 17. The molecule has 0 bridgehead atoms. The van der Waals surface area contributed by atoms with E-state index in [4.69, 9.17) is 4.74 Å². The molecule has 0 fully saturated rings. The second kappa shape index (κ2) is 18.5. The minimum absolute atomic E-state index is 0.0191. The number of nitrogens with one attached hydrogen (secondary N) is 4. The molecule has 0 aliphatic rings. The van der Waals surface area contributed by atoms with Crippen LogP contribution in [0.2, 0.25) is 0 Å². The zero-order valence-electron chi connectivity index (χ0n) is 30.7. The first-order chi connectivity index (χ1) is 25.6. The summed E-state index contributed by atoms with van der Waals surface area (Å²) in [5.41, 5.74) is 4.88. The molecule has 0 saturated carbocycles. The summed E-state index contributed by atoms with van der Waals surface area (Å²) in [5, 5.41) is 20.8. The van der Waals surface area contributed by atoms with Gasteiger partial charge in [-0.15, -0.1) is 5.10 Å². The van der Waals surface area contributed by atoms with E-state index in [9.17, 15) is 14.4 Å². The van der Waals surface area contributed by atoms with Crippen molar-refractivity contribution in [1.29, 1.82) is 0 Å². The molecule has 0 aliphatic carbocycles. The van der Waals surface area contributed by atoms with Crippen LogP contribution in [0, 0.1) is 0 Å². The monoisotopic (exact) mass is 717 g/mol. The van der Waals surface area contributed by atoms with E-state index in [1.165, 1.54) is 25.7 Å². The number of H-pyrrole nitrogens is 1. The molecule has 1 unspecified atom stereocenters. The van der Waals surface area contributed by atoms with Gasteiger partial charge in [-0.05, 0) is 58.0 Å². The molecule has 0 radical (unpaired) electrons. The second-order valence-electron chi connectivity index (χ2n) is 13.8. The van der Waals surface area contributed by atoms with Crippen molar-refractivity contribution >= 4 is 23.7 Å². The van der Waals surface area contributed by atoms with Gasteiger partial charge in [-0.1, -0.05) is 107 Å². The Hall–Kier alpha value is -5.98. The first-order valence-electron chi connectivity index (χ1n) is 18.0. The molecule has 13 heteroatoms. The van der Waals surface area contributed by atoms with Crippen molar-refractivity contribution in [3.63, 3.8) is 0 Å². The molecule has 3 amide bonds. The van der Waals surface area contributed by atoms with Gasteiger partial charge in [0.05, 0.1) is 13.2 Å². The number of carbonyl (C=O) groups is 3. The number of nitrogens with zero attached hydrogens (tertiary/aromatic N) is 5. The largest absolute Gasteiger partial charge is 0.494 e. The van der Waals surface area contributed by atoms with E-state index < -0.39 is 23.8 Å². The van der Waals surface area contributed by atoms with Gasteiger partial charge in [0.1, 0.15) is 11.8 Å². The first-order valence-corrected chi connectivity index (χ1v) is 18.0. The van der Waals surface area contributed by atoms with Crippen LogP contribution in [-0.4, -0.2) is 67.5 Å². The summed E-state index contributed by atoms with van der Waals surface area (Å²) in [6, 6.07) is 21.7. The van der Waals surface area contributed by atoms with Gasteiger partial charge in [0, 0.05) is 35.5 Å². The number of carbonyl (C=O) groups excluding carboxylic acids is 3. The molecule has 5 aromatic rings. The molecule has 276 valence electrons. The minimum Gasteiger partial charge on any atom is -0.494 e. The third-order valence-electron chi connectivity index (χ3n) is 8.66. The number of amides is 3. The fraction of sp³-hybridized carbons (Fsp3) is 0.350. The molecular weight excluding hydrogens is 670 g/mol. The van der Waals surface area contributed by atoms with Crippen LogP contribution in [0.15, 0.2) is 85.2 Å². The second-order valence-corrected chi connectivity index (χ2v) is 13.8. The highest BCUT2D eigenvalue weighted by Gasteiger charge is 2.23. The van der Waals surface area contributed by atoms with Crippen LogP contribution in [0.3, 0.4) is 0 Å². The Morgan fingerprint density at radius 1 is 0.811 bits per heavy atom. The van der Waals surface area contributed by atoms with Gasteiger partial charge < -0.3 is 15.4 Å². The van der Waals surface area contributed by atoms with E-state index in [2.05, 4.69) is 74.2 Å². The SMILES string of the molecule is CCCCCCCOc1ccc(-c2cnc(-c3ccc(CC(NC(=O)c4ccc(C(C)(C)C)cc4)C(=O)NCC(=O)Nc4nn[nH]n4)cc3)nc2)cc1. The van der Waals surface area contributed by atoms with Gasteiger partial charge in [0.2, 0.25) is 11.8 Å². The lowest BCUT2D eigenvalue weighted by Crippen LogP contribution is -2.49. The van der Waals surface area contributed by atoms with E-state index >= 15 is 0 Å². The van der Waals surface area contributed by atoms with E-state index in [1.807, 2.05) is 60.7 Å². The molecule has 0 spiro atoms. The fourth-order valence-corrected chi connectivity index (χ4v) is 5.54. The van der Waals surface area contributed by atoms with Crippen LogP contribution < -0.4 is 20.7 Å². The minimum atomic E-state index is -0.980. The fourth-order valence-electron chi connectivity index (χ4n) is 5.54. The molecule has 13 nitrogen and oxygen atoms in total. The predicted octanol–water partition coefficient (Wildman–Crippen LogP) is 6.07. The number of tetrazole rings is 1. The number of unbranched alkanes of at least 4 members (excludes halogenated alkanes) is 4. The van der Waals surface area contributed by atoms with E-state index in [0.717, 1.165) is 46.6 Å². The van der Waals surface area contributed by atoms with Crippen molar-refractivity contribution in [1.82, 2.24) is 41.2 Å². The maximum atomic E-state index is 13.4. The Kier molecular flexibility index (Phi) is 13.3. The van der Waals surface area contributed by atoms with Crippen molar-refractivity contribution in [3.05, 3.63) is 102 Å². The molecule has 0 aliphatic heterocycles. The zero-order valence-corrected chi connectivity index (χ0v) is 30.7. The summed E-state index contributed by atoms with van der Waals surface area (Å²) in [7, 11) is 0. The third-order valence-corrected chi connectivity index (χ3v) is 8.66. The summed E-state index contributed by atoms with van der Waals surface area (Å²) in [6.07, 6.45) is 9.75. The van der Waals surface area contributed by atoms with Crippen LogP contribution in [0.5, 0.6) is 5.75 Å². The molecule has 2 heterocycles. The molecule has 53 heavy (non-hydrogen) atoms. The lowest BCUT2D eigenvalue weighted by atomic mass is 9.86. The maximum Gasteiger partial charge on any atom is 0.269 e. The van der Waals surface area contributed by atoms with Crippen LogP contribution in [0.1, 0.15) is 81.3 Å². The first kappa shape index (κ1) is 38.3. The third kappa shape index (κ3) is 11.5. The Balaban J connectivity index is 1.21. The highest BCUT2D eigenvalue weighted by Crippen LogP contribution is 2.24. The summed E-state index contributed by atoms with van der Waals surface area (Å²) >= 11 is 0. The molecule has 3 aromatic carbocycles. The number of benzene rings is 3. The molecule has 5 rings (SSSR count). The average molecular weight is 718 g/mol.